The van der Waals surface area contributed by atoms with Gasteiger partial charge in [-0.1, -0.05) is 6.07 Å². The molecular weight excluding hydrogens is 378 g/mol. The van der Waals surface area contributed by atoms with E-state index in [0.29, 0.717) is 19.1 Å². The molecule has 7 nitrogen and oxygen atoms in total. The zero-order chi connectivity index (χ0) is 21.6. The van der Waals surface area contributed by atoms with Crippen molar-refractivity contribution in [1.82, 2.24) is 25.4 Å². The van der Waals surface area contributed by atoms with E-state index in [1.54, 1.807) is 6.20 Å². The Morgan fingerprint density at radius 1 is 1.13 bits per heavy atom. The van der Waals surface area contributed by atoms with Crippen LogP contribution in [0.4, 0.5) is 0 Å². The quantitative estimate of drug-likeness (QED) is 0.741. The van der Waals surface area contributed by atoms with Crippen LogP contribution >= 0.6 is 0 Å². The van der Waals surface area contributed by atoms with Crippen molar-refractivity contribution < 1.29 is 9.59 Å². The molecule has 1 aromatic heterocycles. The molecule has 3 rings (SSSR count). The zero-order valence-corrected chi connectivity index (χ0v) is 18.7. The monoisotopic (exact) mass is 415 g/mol. The molecule has 0 bridgehead atoms. The molecule has 2 N–H and O–H groups in total. The predicted octanol–water partition coefficient (Wildman–Crippen LogP) is 1.79. The number of carbonyl (C=O) groups excluding carboxylic acids is 2. The lowest BCUT2D eigenvalue weighted by molar-refractivity contribution is -0.128. The van der Waals surface area contributed by atoms with Gasteiger partial charge in [-0.3, -0.25) is 24.4 Å². The summed E-state index contributed by atoms with van der Waals surface area (Å²) in [7, 11) is 0. The van der Waals surface area contributed by atoms with Crippen LogP contribution in [0.2, 0.25) is 0 Å². The van der Waals surface area contributed by atoms with Crippen LogP contribution in [-0.2, 0) is 16.1 Å². The summed E-state index contributed by atoms with van der Waals surface area (Å²) in [5.41, 5.74) is 0.705. The van der Waals surface area contributed by atoms with Crippen molar-refractivity contribution in [3.63, 3.8) is 0 Å². The number of pyridine rings is 1. The van der Waals surface area contributed by atoms with Gasteiger partial charge >= 0.3 is 0 Å². The molecule has 2 aliphatic heterocycles. The fourth-order valence-corrected chi connectivity index (χ4v) is 4.48. The third-order valence-corrected chi connectivity index (χ3v) is 5.95. The number of carbonyl (C=O) groups is 2. The van der Waals surface area contributed by atoms with Gasteiger partial charge in [0.05, 0.1) is 24.7 Å². The largest absolute Gasteiger partial charge is 0.350 e. The van der Waals surface area contributed by atoms with Gasteiger partial charge in [0.15, 0.2) is 0 Å². The van der Waals surface area contributed by atoms with E-state index in [2.05, 4.69) is 25.4 Å². The Morgan fingerprint density at radius 2 is 1.90 bits per heavy atom. The van der Waals surface area contributed by atoms with Crippen LogP contribution in [0.1, 0.15) is 52.1 Å². The minimum Gasteiger partial charge on any atom is -0.350 e. The second kappa shape index (κ2) is 10.4. The summed E-state index contributed by atoms with van der Waals surface area (Å²) < 4.78 is 0. The van der Waals surface area contributed by atoms with Crippen LogP contribution in [0.5, 0.6) is 0 Å². The third kappa shape index (κ3) is 7.06. The summed E-state index contributed by atoms with van der Waals surface area (Å²) in [6.45, 7) is 10.8. The van der Waals surface area contributed by atoms with Gasteiger partial charge in [-0.05, 0) is 65.1 Å². The summed E-state index contributed by atoms with van der Waals surface area (Å²) >= 11 is 0. The average Bonchev–Trinajstić information content (AvgIpc) is 2.72. The molecule has 2 saturated heterocycles. The number of rotatable bonds is 6. The number of amides is 2. The number of nitrogens with one attached hydrogen (secondary N) is 2. The maximum atomic E-state index is 12.7. The molecule has 1 aromatic rings. The van der Waals surface area contributed by atoms with Crippen molar-refractivity contribution in [2.75, 3.05) is 32.7 Å². The van der Waals surface area contributed by atoms with E-state index in [0.717, 1.165) is 57.6 Å². The lowest BCUT2D eigenvalue weighted by atomic mass is 9.93. The first-order chi connectivity index (χ1) is 14.3. The van der Waals surface area contributed by atoms with E-state index in [4.69, 9.17) is 0 Å². The van der Waals surface area contributed by atoms with E-state index in [9.17, 15) is 9.59 Å². The first kappa shape index (κ1) is 22.7. The minimum atomic E-state index is -0.185. The van der Waals surface area contributed by atoms with Gasteiger partial charge in [-0.15, -0.1) is 0 Å². The van der Waals surface area contributed by atoms with Gasteiger partial charge in [0, 0.05) is 37.4 Å². The summed E-state index contributed by atoms with van der Waals surface area (Å²) in [4.78, 5) is 33.9. The molecule has 0 spiro atoms. The van der Waals surface area contributed by atoms with Gasteiger partial charge in [0.2, 0.25) is 11.8 Å². The first-order valence-corrected chi connectivity index (χ1v) is 11.3. The van der Waals surface area contributed by atoms with Crippen LogP contribution in [0.25, 0.3) is 0 Å². The highest BCUT2D eigenvalue weighted by atomic mass is 16.2. The van der Waals surface area contributed by atoms with Crippen LogP contribution in [0, 0.1) is 5.92 Å². The van der Waals surface area contributed by atoms with Crippen molar-refractivity contribution >= 4 is 11.8 Å². The smallest absolute Gasteiger partial charge is 0.234 e. The van der Waals surface area contributed by atoms with Crippen molar-refractivity contribution in [1.29, 1.82) is 0 Å². The van der Waals surface area contributed by atoms with Crippen LogP contribution in [-0.4, -0.2) is 70.9 Å². The fourth-order valence-electron chi connectivity index (χ4n) is 4.48. The Kier molecular flexibility index (Phi) is 7.83. The lowest BCUT2D eigenvalue weighted by Crippen LogP contribution is -2.52. The summed E-state index contributed by atoms with van der Waals surface area (Å²) in [5, 5.41) is 6.10. The Labute approximate surface area is 180 Å². The van der Waals surface area contributed by atoms with E-state index >= 15 is 0 Å². The Morgan fingerprint density at radius 3 is 2.57 bits per heavy atom. The molecule has 1 atom stereocenters. The first-order valence-electron chi connectivity index (χ1n) is 11.3. The van der Waals surface area contributed by atoms with Crippen LogP contribution < -0.4 is 10.6 Å². The highest BCUT2D eigenvalue weighted by molar-refractivity contribution is 5.79. The van der Waals surface area contributed by atoms with Crippen molar-refractivity contribution in [3.8, 4) is 0 Å². The number of aromatic nitrogens is 1. The maximum absolute atomic E-state index is 12.7. The van der Waals surface area contributed by atoms with Gasteiger partial charge in [-0.25, -0.2) is 0 Å². The SMILES string of the molecule is CC(C)(C)NC(=O)CN1CCC(N2CCC[C@H](C(=O)NCc3ccccn3)C2)CC1. The third-order valence-electron chi connectivity index (χ3n) is 5.95. The van der Waals surface area contributed by atoms with Crippen molar-refractivity contribution in [3.05, 3.63) is 30.1 Å². The molecule has 0 saturated carbocycles. The molecular formula is C23H37N5O2. The molecule has 0 aromatic carbocycles. The number of nitrogens with zero attached hydrogens (tertiary/aromatic N) is 3. The normalized spacial score (nSPS) is 21.9. The Balaban J connectivity index is 1.41. The van der Waals surface area contributed by atoms with E-state index in [1.807, 2.05) is 39.0 Å². The number of hydrogen-bond acceptors (Lipinski definition) is 5. The fraction of sp³-hybridized carbons (Fsp3) is 0.696. The molecule has 2 fully saturated rings. The minimum absolute atomic E-state index is 0.0538. The van der Waals surface area contributed by atoms with Gasteiger partial charge in [0.1, 0.15) is 0 Å². The molecule has 166 valence electrons. The van der Waals surface area contributed by atoms with Gasteiger partial charge in [0.25, 0.3) is 0 Å². The summed E-state index contributed by atoms with van der Waals surface area (Å²) in [5.74, 6) is 0.295. The molecule has 2 amide bonds. The molecule has 30 heavy (non-hydrogen) atoms. The summed E-state index contributed by atoms with van der Waals surface area (Å²) in [6, 6.07) is 6.27. The van der Waals surface area contributed by atoms with Crippen molar-refractivity contribution in [2.24, 2.45) is 5.92 Å². The second-order valence-electron chi connectivity index (χ2n) is 9.68. The van der Waals surface area contributed by atoms with Crippen LogP contribution in [0.15, 0.2) is 24.4 Å². The molecule has 2 aliphatic rings. The highest BCUT2D eigenvalue weighted by Crippen LogP contribution is 2.24. The summed E-state index contributed by atoms with van der Waals surface area (Å²) in [6.07, 6.45) is 5.89. The number of piperidine rings is 2. The van der Waals surface area contributed by atoms with Gasteiger partial charge in [-0.2, -0.15) is 0 Å². The Bertz CT molecular complexity index is 695. The molecule has 3 heterocycles. The van der Waals surface area contributed by atoms with Gasteiger partial charge < -0.3 is 10.6 Å². The van der Waals surface area contributed by atoms with E-state index in [1.165, 1.54) is 0 Å². The molecule has 7 heteroatoms. The maximum Gasteiger partial charge on any atom is 0.234 e. The number of hydrogen-bond donors (Lipinski definition) is 2. The van der Waals surface area contributed by atoms with Crippen molar-refractivity contribution in [2.45, 2.75) is 64.6 Å². The topological polar surface area (TPSA) is 77.6 Å². The van der Waals surface area contributed by atoms with E-state index in [-0.39, 0.29) is 23.3 Å². The second-order valence-corrected chi connectivity index (χ2v) is 9.68. The predicted molar refractivity (Wildman–Crippen MR) is 118 cm³/mol. The lowest BCUT2D eigenvalue weighted by Gasteiger charge is -2.42. The van der Waals surface area contributed by atoms with Crippen LogP contribution in [0.3, 0.4) is 0 Å². The Hall–Kier alpha value is -1.99. The zero-order valence-electron chi connectivity index (χ0n) is 18.7. The average molecular weight is 416 g/mol. The standard InChI is InChI=1S/C23H37N5O2/c1-23(2,3)26-21(29)17-27-13-9-20(10-14-27)28-12-6-7-18(16-28)22(30)25-15-19-8-4-5-11-24-19/h4-5,8,11,18,20H,6-7,9-10,12-17H2,1-3H3,(H,25,30)(H,26,29)/t18-/m0/s1. The molecule has 0 aliphatic carbocycles. The molecule has 0 unspecified atom stereocenters. The number of likely N-dealkylation sites (tertiary alicyclic amines) is 2. The molecule has 0 radical (unpaired) electrons. The highest BCUT2D eigenvalue weighted by Gasteiger charge is 2.32. The van der Waals surface area contributed by atoms with E-state index < -0.39 is 0 Å².